The largest absolute Gasteiger partial charge is 1.00 e. The molecule has 0 radical (unpaired) electrons. The summed E-state index contributed by atoms with van der Waals surface area (Å²) in [5, 5.41) is 18.8. The maximum absolute atomic E-state index is 10.8. The van der Waals surface area contributed by atoms with Gasteiger partial charge in [0.1, 0.15) is 10.1 Å². The maximum atomic E-state index is 10.8. The molecule has 9 heteroatoms. The van der Waals surface area contributed by atoms with E-state index in [9.17, 15) is 9.59 Å². The van der Waals surface area contributed by atoms with Gasteiger partial charge >= 0.3 is 41.5 Å². The minimum atomic E-state index is -1.02. The van der Waals surface area contributed by atoms with Gasteiger partial charge in [-0.05, 0) is 45.9 Å². The van der Waals surface area contributed by atoms with Crippen molar-refractivity contribution in [1.82, 2.24) is 9.97 Å². The summed E-state index contributed by atoms with van der Waals surface area (Å²) in [7, 11) is 2.42. The molecule has 0 amide bonds. The summed E-state index contributed by atoms with van der Waals surface area (Å²) in [4.78, 5) is 29.7. The van der Waals surface area contributed by atoms with E-state index in [4.69, 9.17) is 10.2 Å². The Balaban J connectivity index is 0.00000220. The Morgan fingerprint density at radius 3 is 1.62 bits per heavy atom. The number of rotatable bonds is 5. The number of carboxylic acid groups (broad SMARTS) is 2. The van der Waals surface area contributed by atoms with E-state index < -0.39 is 11.9 Å². The summed E-state index contributed by atoms with van der Waals surface area (Å²) in [6.07, 6.45) is 2.82. The van der Waals surface area contributed by atoms with E-state index in [1.165, 1.54) is 58.2 Å². The molecule has 0 saturated carbocycles. The Morgan fingerprint density at radius 2 is 1.29 bits per heavy atom. The molecule has 0 spiro atoms. The molecule has 6 nitrogen and oxygen atoms in total. The van der Waals surface area contributed by atoms with Crippen molar-refractivity contribution in [3.05, 3.63) is 47.8 Å². The standard InChI is InChI=1S/C12H8N2O4S2.Na.H/c15-11(16)7-1-3-13-9(5-7)19-20-10-6-8(12(17)18)2-4-14-10;;/h1-6H,(H,15,16)(H,17,18);;/q;+1;-1. The van der Waals surface area contributed by atoms with Crippen LogP contribution in [-0.4, -0.2) is 32.1 Å². The van der Waals surface area contributed by atoms with Crippen molar-refractivity contribution in [2.24, 2.45) is 0 Å². The van der Waals surface area contributed by atoms with Crippen LogP contribution in [0.2, 0.25) is 0 Å². The van der Waals surface area contributed by atoms with Crippen molar-refractivity contribution in [3.63, 3.8) is 0 Å². The van der Waals surface area contributed by atoms with Gasteiger partial charge in [0.05, 0.1) is 11.1 Å². The van der Waals surface area contributed by atoms with Crippen LogP contribution in [-0.2, 0) is 0 Å². The van der Waals surface area contributed by atoms with E-state index in [0.717, 1.165) is 0 Å². The fourth-order valence-corrected chi connectivity index (χ4v) is 3.05. The van der Waals surface area contributed by atoms with Gasteiger partial charge in [-0.25, -0.2) is 19.6 Å². The molecular formula is C12H9N2NaO4S2. The molecule has 2 aromatic rings. The van der Waals surface area contributed by atoms with Crippen molar-refractivity contribution in [1.29, 1.82) is 0 Å². The zero-order valence-electron chi connectivity index (χ0n) is 11.9. The van der Waals surface area contributed by atoms with E-state index >= 15 is 0 Å². The first kappa shape index (κ1) is 18.0. The van der Waals surface area contributed by atoms with E-state index in [0.29, 0.717) is 10.1 Å². The van der Waals surface area contributed by atoms with Crippen molar-refractivity contribution >= 4 is 33.5 Å². The number of aromatic nitrogens is 2. The number of pyridine rings is 2. The van der Waals surface area contributed by atoms with E-state index in [-0.39, 0.29) is 42.1 Å². The van der Waals surface area contributed by atoms with Crippen molar-refractivity contribution in [3.8, 4) is 0 Å². The molecule has 0 atom stereocenters. The first-order valence-corrected chi connectivity index (χ1v) is 7.44. The van der Waals surface area contributed by atoms with Crippen LogP contribution in [0.1, 0.15) is 22.1 Å². The normalized spacial score (nSPS) is 9.71. The van der Waals surface area contributed by atoms with Crippen molar-refractivity contribution in [2.45, 2.75) is 10.1 Å². The zero-order chi connectivity index (χ0) is 14.5. The second-order valence-corrected chi connectivity index (χ2v) is 5.71. The van der Waals surface area contributed by atoms with Crippen molar-refractivity contribution < 1.29 is 50.8 Å². The van der Waals surface area contributed by atoms with Crippen LogP contribution in [0.3, 0.4) is 0 Å². The average Bonchev–Trinajstić information content (AvgIpc) is 2.45. The first-order valence-electron chi connectivity index (χ1n) is 5.29. The summed E-state index contributed by atoms with van der Waals surface area (Å²) in [6.45, 7) is 0. The van der Waals surface area contributed by atoms with Crippen molar-refractivity contribution in [2.75, 3.05) is 0 Å². The molecule has 2 heterocycles. The molecule has 0 saturated heterocycles. The molecule has 0 aliphatic rings. The summed E-state index contributed by atoms with van der Waals surface area (Å²) in [6, 6.07) is 5.70. The molecule has 2 N–H and O–H groups in total. The third kappa shape index (κ3) is 5.33. The molecular weight excluding hydrogens is 323 g/mol. The van der Waals surface area contributed by atoms with Crippen LogP contribution >= 0.6 is 21.6 Å². The van der Waals surface area contributed by atoms with Gasteiger partial charge in [0.25, 0.3) is 0 Å². The third-order valence-electron chi connectivity index (χ3n) is 2.18. The Bertz CT molecular complexity index is 618. The van der Waals surface area contributed by atoms with Crippen LogP contribution in [0, 0.1) is 0 Å². The van der Waals surface area contributed by atoms with Crippen LogP contribution in [0.25, 0.3) is 0 Å². The fraction of sp³-hybridized carbons (Fsp3) is 0. The summed E-state index contributed by atoms with van der Waals surface area (Å²) >= 11 is 0. The molecule has 0 bridgehead atoms. The topological polar surface area (TPSA) is 100 Å². The molecule has 2 rings (SSSR count). The number of aromatic carboxylic acids is 2. The van der Waals surface area contributed by atoms with Gasteiger partial charge in [0.2, 0.25) is 0 Å². The number of carbonyl (C=O) groups is 2. The molecule has 0 unspecified atom stereocenters. The summed E-state index contributed by atoms with van der Waals surface area (Å²) in [5.41, 5.74) is 0.297. The SMILES string of the molecule is O=C(O)c1ccnc(SSc2cc(C(=O)O)ccn2)c1.[H-].[Na+]. The summed E-state index contributed by atoms with van der Waals surface area (Å²) < 4.78 is 0. The molecule has 2 aromatic heterocycles. The third-order valence-corrected chi connectivity index (χ3v) is 4.32. The minimum Gasteiger partial charge on any atom is -1.00 e. The Kier molecular flexibility index (Phi) is 7.20. The first-order chi connectivity index (χ1) is 9.56. The maximum Gasteiger partial charge on any atom is 1.00 e. The Labute approximate surface area is 151 Å². The van der Waals surface area contributed by atoms with Crippen LogP contribution < -0.4 is 29.6 Å². The van der Waals surface area contributed by atoms with Gasteiger partial charge < -0.3 is 11.6 Å². The monoisotopic (exact) mass is 332 g/mol. The Hall–Kier alpha value is -1.06. The molecule has 0 aliphatic heterocycles. The number of hydrogen-bond acceptors (Lipinski definition) is 6. The fourth-order valence-electron chi connectivity index (χ4n) is 1.26. The van der Waals surface area contributed by atoms with Crippen LogP contribution in [0.15, 0.2) is 46.7 Å². The number of hydrogen-bond donors (Lipinski definition) is 2. The summed E-state index contributed by atoms with van der Waals surface area (Å²) in [5.74, 6) is -2.05. The minimum absolute atomic E-state index is 0. The smallest absolute Gasteiger partial charge is 1.00 e. The second kappa shape index (κ2) is 8.40. The van der Waals surface area contributed by atoms with Crippen LogP contribution in [0.4, 0.5) is 0 Å². The van der Waals surface area contributed by atoms with Gasteiger partial charge in [-0.3, -0.25) is 0 Å². The second-order valence-electron chi connectivity index (χ2n) is 3.54. The van der Waals surface area contributed by atoms with E-state index in [2.05, 4.69) is 9.97 Å². The van der Waals surface area contributed by atoms with Gasteiger partial charge in [-0.1, -0.05) is 0 Å². The van der Waals surface area contributed by atoms with Gasteiger partial charge in [-0.2, -0.15) is 0 Å². The van der Waals surface area contributed by atoms with Gasteiger partial charge in [0, 0.05) is 12.4 Å². The molecule has 0 fully saturated rings. The molecule has 104 valence electrons. The Morgan fingerprint density at radius 1 is 0.905 bits per heavy atom. The van der Waals surface area contributed by atoms with E-state index in [1.807, 2.05) is 0 Å². The predicted octanol–water partition coefficient (Wildman–Crippen LogP) is -0.211. The average molecular weight is 332 g/mol. The quantitative estimate of drug-likeness (QED) is 0.573. The zero-order valence-corrected chi connectivity index (χ0v) is 14.5. The van der Waals surface area contributed by atoms with Crippen LogP contribution in [0.5, 0.6) is 0 Å². The van der Waals surface area contributed by atoms with E-state index in [1.54, 1.807) is 0 Å². The number of nitrogens with zero attached hydrogens (tertiary/aromatic N) is 2. The molecule has 0 aliphatic carbocycles. The van der Waals surface area contributed by atoms with Gasteiger partial charge in [0.15, 0.2) is 0 Å². The molecule has 21 heavy (non-hydrogen) atoms. The molecule has 0 aromatic carbocycles. The number of carboxylic acids is 2. The van der Waals surface area contributed by atoms with Gasteiger partial charge in [-0.15, -0.1) is 0 Å². The predicted molar refractivity (Wildman–Crippen MR) is 75.2 cm³/mol.